The highest BCUT2D eigenvalue weighted by atomic mass is 16.5. The number of rotatable bonds is 7. The number of hydrogen-bond donors (Lipinski definition) is 2. The van der Waals surface area contributed by atoms with Crippen molar-refractivity contribution in [2.24, 2.45) is 68.0 Å². The number of hydrogen-bond acceptors (Lipinski definition) is 5. The Kier molecular flexibility index (Phi) is 9.53. The van der Waals surface area contributed by atoms with E-state index in [1.54, 1.807) is 13.8 Å². The summed E-state index contributed by atoms with van der Waals surface area (Å²) in [5, 5.41) is 13.2. The minimum absolute atomic E-state index is 0.0535. The van der Waals surface area contributed by atoms with E-state index in [1.807, 2.05) is 0 Å². The molecule has 0 radical (unpaired) electrons. The number of carbonyl (C=O) groups excluding carboxylic acids is 3. The summed E-state index contributed by atoms with van der Waals surface area (Å²) in [6, 6.07) is 0.111. The Morgan fingerprint density at radius 3 is 2.17 bits per heavy atom. The predicted molar refractivity (Wildman–Crippen MR) is 201 cm³/mol. The number of likely N-dealkylation sites (tertiary alicyclic amines) is 1. The molecule has 7 rings (SSSR count). The maximum Gasteiger partial charge on any atom is 0.309 e. The monoisotopic (exact) mass is 723 g/mol. The van der Waals surface area contributed by atoms with E-state index in [0.717, 1.165) is 83.7 Å². The van der Waals surface area contributed by atoms with E-state index in [-0.39, 0.29) is 57.5 Å². The Labute approximate surface area is 313 Å². The van der Waals surface area contributed by atoms with Crippen LogP contribution in [-0.2, 0) is 23.9 Å². The van der Waals surface area contributed by atoms with Gasteiger partial charge in [-0.1, -0.05) is 48.0 Å². The van der Waals surface area contributed by atoms with Gasteiger partial charge in [-0.25, -0.2) is 0 Å². The van der Waals surface area contributed by atoms with E-state index in [0.29, 0.717) is 35.5 Å². The fourth-order valence-corrected chi connectivity index (χ4v) is 14.7. The van der Waals surface area contributed by atoms with Crippen LogP contribution in [0.3, 0.4) is 0 Å². The van der Waals surface area contributed by atoms with Gasteiger partial charge in [-0.3, -0.25) is 19.2 Å². The molecule has 0 aromatic rings. The van der Waals surface area contributed by atoms with E-state index in [1.165, 1.54) is 25.7 Å². The second kappa shape index (κ2) is 13.0. The van der Waals surface area contributed by atoms with Gasteiger partial charge in [0.25, 0.3) is 0 Å². The molecule has 0 spiro atoms. The van der Waals surface area contributed by atoms with Gasteiger partial charge in [0, 0.05) is 30.5 Å². The van der Waals surface area contributed by atoms with Crippen LogP contribution >= 0.6 is 0 Å². The first-order valence-corrected chi connectivity index (χ1v) is 21.3. The lowest BCUT2D eigenvalue weighted by Gasteiger charge is -2.72. The zero-order chi connectivity index (χ0) is 37.6. The van der Waals surface area contributed by atoms with E-state index < -0.39 is 17.4 Å². The zero-order valence-corrected chi connectivity index (χ0v) is 33.8. The summed E-state index contributed by atoms with van der Waals surface area (Å²) in [5.74, 6) is 1.47. The molecule has 2 N–H and O–H groups in total. The van der Waals surface area contributed by atoms with E-state index in [4.69, 9.17) is 4.74 Å². The van der Waals surface area contributed by atoms with Crippen LogP contribution in [-0.4, -0.2) is 59.0 Å². The second-order valence-electron chi connectivity index (χ2n) is 21.2. The zero-order valence-electron chi connectivity index (χ0n) is 33.8. The van der Waals surface area contributed by atoms with Crippen molar-refractivity contribution in [2.75, 3.05) is 13.1 Å². The summed E-state index contributed by atoms with van der Waals surface area (Å²) in [7, 11) is 0. The Morgan fingerprint density at radius 2 is 1.50 bits per heavy atom. The first-order valence-electron chi connectivity index (χ1n) is 21.3. The van der Waals surface area contributed by atoms with Crippen molar-refractivity contribution in [3.63, 3.8) is 0 Å². The van der Waals surface area contributed by atoms with Crippen molar-refractivity contribution in [3.05, 3.63) is 0 Å². The van der Waals surface area contributed by atoms with Crippen LogP contribution in [0.5, 0.6) is 0 Å². The van der Waals surface area contributed by atoms with Gasteiger partial charge in [-0.05, 0) is 150 Å². The largest absolute Gasteiger partial charge is 0.481 e. The van der Waals surface area contributed by atoms with Crippen LogP contribution in [0.25, 0.3) is 0 Å². The number of fused-ring (bicyclic) bond motifs is 7. The summed E-state index contributed by atoms with van der Waals surface area (Å²) in [6.07, 6.45) is 15.8. The lowest BCUT2D eigenvalue weighted by Crippen LogP contribution is -2.67. The summed E-state index contributed by atoms with van der Waals surface area (Å²) >= 11 is 0. The summed E-state index contributed by atoms with van der Waals surface area (Å²) in [4.78, 5) is 54.7. The molecule has 8 heteroatoms. The lowest BCUT2D eigenvalue weighted by molar-refractivity contribution is -0.247. The number of ether oxygens (including phenoxy) is 1. The Bertz CT molecular complexity index is 1450. The van der Waals surface area contributed by atoms with Gasteiger partial charge in [-0.15, -0.1) is 0 Å². The van der Waals surface area contributed by atoms with Crippen LogP contribution in [0.2, 0.25) is 0 Å². The Balaban J connectivity index is 1.04. The van der Waals surface area contributed by atoms with Gasteiger partial charge < -0.3 is 20.1 Å². The molecule has 7 aliphatic rings. The predicted octanol–water partition coefficient (Wildman–Crippen LogP) is 8.41. The molecule has 1 saturated heterocycles. The minimum Gasteiger partial charge on any atom is -0.481 e. The molecule has 8 nitrogen and oxygen atoms in total. The maximum atomic E-state index is 14.5. The topological polar surface area (TPSA) is 113 Å². The van der Waals surface area contributed by atoms with Crippen molar-refractivity contribution in [3.8, 4) is 0 Å². The summed E-state index contributed by atoms with van der Waals surface area (Å²) in [5.41, 5.74) is -1.12. The molecule has 6 unspecified atom stereocenters. The molecule has 6 aliphatic carbocycles. The number of amides is 2. The van der Waals surface area contributed by atoms with Crippen molar-refractivity contribution in [1.29, 1.82) is 0 Å². The van der Waals surface area contributed by atoms with Gasteiger partial charge in [-0.2, -0.15) is 0 Å². The smallest absolute Gasteiger partial charge is 0.309 e. The molecule has 1 heterocycles. The number of nitrogens with zero attached hydrogens (tertiary/aromatic N) is 1. The third kappa shape index (κ3) is 5.62. The quantitative estimate of drug-likeness (QED) is 0.255. The van der Waals surface area contributed by atoms with Crippen LogP contribution in [0.4, 0.5) is 0 Å². The van der Waals surface area contributed by atoms with E-state index in [9.17, 15) is 24.3 Å². The maximum absolute atomic E-state index is 14.5. The molecule has 1 aliphatic heterocycles. The molecule has 12 atom stereocenters. The van der Waals surface area contributed by atoms with Gasteiger partial charge >= 0.3 is 11.9 Å². The molecule has 0 aromatic heterocycles. The van der Waals surface area contributed by atoms with Gasteiger partial charge in [0.05, 0.1) is 17.3 Å². The third-order valence-electron chi connectivity index (χ3n) is 18.3. The van der Waals surface area contributed by atoms with Gasteiger partial charge in [0.15, 0.2) is 0 Å². The minimum atomic E-state index is -1.14. The fraction of sp³-hybridized carbons (Fsp3) is 0.909. The summed E-state index contributed by atoms with van der Waals surface area (Å²) < 4.78 is 6.17. The Hall–Kier alpha value is -2.12. The standard InChI is InChI=1S/C44H70N2O6/c1-27-28(36(48)46-23-10-9-11-24-46)25-31(27)45-37(49)44-18-12-13-30(44)29-14-15-33-41(6)19-17-34(52-35(47)26-39(2,3)38(50)51)40(4,5)32(41)16-20-43(33,8)42(29,7)21-22-44/h27-34H,9-26H2,1-8H3,(H,45,49)(H,50,51)/t27-,28-,29?,30?,31?,32?,33?,34-,41-,42+,43+,44?/m0/s1. The van der Waals surface area contributed by atoms with Crippen molar-refractivity contribution in [1.82, 2.24) is 10.2 Å². The van der Waals surface area contributed by atoms with E-state index in [2.05, 4.69) is 51.8 Å². The molecule has 6 saturated carbocycles. The van der Waals surface area contributed by atoms with Crippen molar-refractivity contribution in [2.45, 2.75) is 170 Å². The molecule has 292 valence electrons. The molecular formula is C44H70N2O6. The lowest BCUT2D eigenvalue weighted by atomic mass is 9.32. The highest BCUT2D eigenvalue weighted by molar-refractivity contribution is 5.85. The molecular weight excluding hydrogens is 652 g/mol. The van der Waals surface area contributed by atoms with E-state index >= 15 is 0 Å². The van der Waals surface area contributed by atoms with Crippen molar-refractivity contribution < 1.29 is 29.0 Å². The van der Waals surface area contributed by atoms with Gasteiger partial charge in [0.1, 0.15) is 6.10 Å². The highest BCUT2D eigenvalue weighted by Crippen LogP contribution is 2.77. The fourth-order valence-electron chi connectivity index (χ4n) is 14.7. The number of aliphatic carboxylic acids is 1. The SMILES string of the molecule is C[C@@H]1C(NC(=O)C23CCCC2C2CCC4[C@@]5(C)CC[C@H](OC(=O)CC(C)(C)C(=O)O)C(C)(C)C5CC[C@@]4(C)[C@]2(C)CC3)C[C@@H]1C(=O)N1CCCCC1. The number of carboxylic acids is 1. The molecule has 0 bridgehead atoms. The molecule has 52 heavy (non-hydrogen) atoms. The molecule has 0 aromatic carbocycles. The second-order valence-corrected chi connectivity index (χ2v) is 21.2. The number of carbonyl (C=O) groups is 4. The van der Waals surface area contributed by atoms with Crippen LogP contribution in [0, 0.1) is 68.0 Å². The number of nitrogens with one attached hydrogen (secondary N) is 1. The summed E-state index contributed by atoms with van der Waals surface area (Å²) in [6.45, 7) is 19.5. The number of esters is 1. The third-order valence-corrected chi connectivity index (χ3v) is 18.3. The number of piperidine rings is 1. The van der Waals surface area contributed by atoms with Crippen molar-refractivity contribution >= 4 is 23.8 Å². The average molecular weight is 723 g/mol. The first kappa shape index (κ1) is 38.2. The first-order chi connectivity index (χ1) is 24.3. The average Bonchev–Trinajstić information content (AvgIpc) is 3.53. The van der Waals surface area contributed by atoms with Crippen LogP contribution in [0.15, 0.2) is 0 Å². The molecule has 7 fully saturated rings. The number of carboxylic acid groups (broad SMARTS) is 1. The highest BCUT2D eigenvalue weighted by Gasteiger charge is 2.71. The van der Waals surface area contributed by atoms with Gasteiger partial charge in [0.2, 0.25) is 11.8 Å². The Morgan fingerprint density at radius 1 is 0.788 bits per heavy atom. The van der Waals surface area contributed by atoms with Crippen LogP contribution < -0.4 is 5.32 Å². The normalized spacial score (nSPS) is 45.3. The van der Waals surface area contributed by atoms with Crippen LogP contribution in [0.1, 0.15) is 158 Å². The molecule has 2 amide bonds.